The third-order valence-corrected chi connectivity index (χ3v) is 6.47. The molecule has 192 valence electrons. The van der Waals surface area contributed by atoms with Gasteiger partial charge in [0, 0.05) is 42.2 Å². The molecule has 0 spiro atoms. The molecular formula is C26H24F3N5O3. The number of hydrogen-bond acceptors (Lipinski definition) is 6. The van der Waals surface area contributed by atoms with E-state index in [0.29, 0.717) is 49.1 Å². The highest BCUT2D eigenvalue weighted by molar-refractivity contribution is 6.09. The lowest BCUT2D eigenvalue weighted by Gasteiger charge is -2.30. The Balaban J connectivity index is 1.53. The van der Waals surface area contributed by atoms with E-state index >= 15 is 4.39 Å². The van der Waals surface area contributed by atoms with E-state index in [1.807, 2.05) is 4.90 Å². The summed E-state index contributed by atoms with van der Waals surface area (Å²) in [5.41, 5.74) is 1.24. The summed E-state index contributed by atoms with van der Waals surface area (Å²) in [6, 6.07) is 10.1. The molecule has 1 atom stereocenters. The number of amides is 2. The monoisotopic (exact) mass is 511 g/mol. The van der Waals surface area contributed by atoms with Crippen LogP contribution in [0.3, 0.4) is 0 Å². The topological polar surface area (TPSA) is 87.7 Å². The number of ether oxygens (including phenoxy) is 1. The number of rotatable bonds is 5. The second-order valence-electron chi connectivity index (χ2n) is 8.82. The summed E-state index contributed by atoms with van der Waals surface area (Å²) in [5.74, 6) is -2.20. The fourth-order valence-corrected chi connectivity index (χ4v) is 4.57. The quantitative estimate of drug-likeness (QED) is 0.518. The smallest absolute Gasteiger partial charge is 0.263 e. The Hall–Kier alpha value is -3.99. The lowest BCUT2D eigenvalue weighted by molar-refractivity contribution is -0.122. The molecule has 2 aliphatic rings. The minimum Gasteiger partial charge on any atom is -0.378 e. The summed E-state index contributed by atoms with van der Waals surface area (Å²) < 4.78 is 46.8. The number of alkyl halides is 2. The third kappa shape index (κ3) is 4.86. The Bertz CT molecular complexity index is 1330. The fourth-order valence-electron chi connectivity index (χ4n) is 4.57. The van der Waals surface area contributed by atoms with Crippen LogP contribution >= 0.6 is 0 Å². The molecule has 0 bridgehead atoms. The lowest BCUT2D eigenvalue weighted by Crippen LogP contribution is -2.40. The Kier molecular flexibility index (Phi) is 6.79. The van der Waals surface area contributed by atoms with Gasteiger partial charge in [0.25, 0.3) is 6.43 Å². The van der Waals surface area contributed by atoms with E-state index in [1.165, 1.54) is 35.4 Å². The van der Waals surface area contributed by atoms with Gasteiger partial charge in [-0.15, -0.1) is 0 Å². The highest BCUT2D eigenvalue weighted by Gasteiger charge is 2.36. The molecule has 11 heteroatoms. The first-order valence-electron chi connectivity index (χ1n) is 11.8. The van der Waals surface area contributed by atoms with E-state index in [-0.39, 0.29) is 16.8 Å². The molecule has 1 N–H and O–H groups in total. The van der Waals surface area contributed by atoms with Crippen LogP contribution in [0.25, 0.3) is 11.1 Å². The number of nitrogens with one attached hydrogen (secondary N) is 1. The third-order valence-electron chi connectivity index (χ3n) is 6.47. The summed E-state index contributed by atoms with van der Waals surface area (Å²) >= 11 is 0. The standard InChI is InChI=1S/C26H24F3N5O3/c1-15-23-18(3-2-8-30-23)22-19(13-20(32-25(22)29)33-9-11-37-12-10-33)34(26(15)36)14-21(35)31-17-6-4-16(5-7-17)24(27)28/h2-8,13,15,24H,9-12,14H2,1H3,(H,31,35)/t15-/m0/s1. The number of halogens is 3. The molecule has 0 unspecified atom stereocenters. The minimum absolute atomic E-state index is 0.0897. The minimum atomic E-state index is -2.63. The number of anilines is 3. The van der Waals surface area contributed by atoms with Crippen molar-refractivity contribution in [2.45, 2.75) is 19.3 Å². The maximum absolute atomic E-state index is 15.7. The van der Waals surface area contributed by atoms with Crippen LogP contribution in [-0.2, 0) is 14.3 Å². The molecule has 0 saturated carbocycles. The van der Waals surface area contributed by atoms with E-state index in [9.17, 15) is 18.4 Å². The van der Waals surface area contributed by atoms with Gasteiger partial charge in [-0.25, -0.2) is 13.8 Å². The van der Waals surface area contributed by atoms with E-state index in [1.54, 1.807) is 25.1 Å². The molecule has 4 heterocycles. The largest absolute Gasteiger partial charge is 0.378 e. The SMILES string of the molecule is C[C@@H]1C(=O)N(CC(=O)Nc2ccc(C(F)F)cc2)c2cc(N3CCOCC3)nc(F)c2-c2cccnc21. The summed E-state index contributed by atoms with van der Waals surface area (Å²) in [6.07, 6.45) is -1.10. The molecule has 1 fully saturated rings. The molecule has 5 rings (SSSR count). The van der Waals surface area contributed by atoms with Crippen molar-refractivity contribution < 1.29 is 27.5 Å². The van der Waals surface area contributed by atoms with Gasteiger partial charge in [-0.05, 0) is 25.1 Å². The van der Waals surface area contributed by atoms with Gasteiger partial charge in [0.2, 0.25) is 17.8 Å². The van der Waals surface area contributed by atoms with Gasteiger partial charge < -0.3 is 19.9 Å². The maximum Gasteiger partial charge on any atom is 0.263 e. The average molecular weight is 512 g/mol. The van der Waals surface area contributed by atoms with Crippen LogP contribution < -0.4 is 15.1 Å². The molecule has 1 saturated heterocycles. The molecule has 0 aliphatic carbocycles. The number of morpholine rings is 1. The Morgan fingerprint density at radius 1 is 1.19 bits per heavy atom. The van der Waals surface area contributed by atoms with Crippen molar-refractivity contribution in [3.05, 3.63) is 65.9 Å². The van der Waals surface area contributed by atoms with Gasteiger partial charge in [-0.1, -0.05) is 18.2 Å². The molecule has 3 aromatic rings. The van der Waals surface area contributed by atoms with Crippen molar-refractivity contribution in [1.82, 2.24) is 9.97 Å². The van der Waals surface area contributed by atoms with E-state index in [0.717, 1.165) is 0 Å². The van der Waals surface area contributed by atoms with Crippen LogP contribution in [0.4, 0.5) is 30.4 Å². The molecule has 2 aromatic heterocycles. The van der Waals surface area contributed by atoms with Crippen molar-refractivity contribution in [3.63, 3.8) is 0 Å². The number of aromatic nitrogens is 2. The van der Waals surface area contributed by atoms with E-state index in [2.05, 4.69) is 15.3 Å². The fraction of sp³-hybridized carbons (Fsp3) is 0.308. The summed E-state index contributed by atoms with van der Waals surface area (Å²) in [4.78, 5) is 38.2. The predicted octanol–water partition coefficient (Wildman–Crippen LogP) is 4.15. The zero-order valence-corrected chi connectivity index (χ0v) is 20.0. The molecule has 2 amide bonds. The van der Waals surface area contributed by atoms with Gasteiger partial charge in [0.1, 0.15) is 12.4 Å². The molecule has 1 aromatic carbocycles. The zero-order valence-electron chi connectivity index (χ0n) is 20.0. The second kappa shape index (κ2) is 10.2. The van der Waals surface area contributed by atoms with Crippen LogP contribution in [0, 0.1) is 5.95 Å². The zero-order chi connectivity index (χ0) is 26.1. The van der Waals surface area contributed by atoms with Crippen LogP contribution in [0.5, 0.6) is 0 Å². The van der Waals surface area contributed by atoms with Gasteiger partial charge in [0.15, 0.2) is 0 Å². The lowest BCUT2D eigenvalue weighted by atomic mass is 9.98. The van der Waals surface area contributed by atoms with E-state index in [4.69, 9.17) is 4.74 Å². The van der Waals surface area contributed by atoms with Gasteiger partial charge in [0.05, 0.1) is 36.1 Å². The second-order valence-corrected chi connectivity index (χ2v) is 8.82. The average Bonchev–Trinajstić information content (AvgIpc) is 2.99. The van der Waals surface area contributed by atoms with Crippen LogP contribution in [0.1, 0.15) is 30.5 Å². The molecular weight excluding hydrogens is 487 g/mol. The summed E-state index contributed by atoms with van der Waals surface area (Å²) in [7, 11) is 0. The van der Waals surface area contributed by atoms with Crippen LogP contribution in [-0.4, -0.2) is 54.6 Å². The summed E-state index contributed by atoms with van der Waals surface area (Å²) in [6.45, 7) is 3.15. The molecule has 8 nitrogen and oxygen atoms in total. The Morgan fingerprint density at radius 2 is 1.92 bits per heavy atom. The number of fused-ring (bicyclic) bond motifs is 3. The van der Waals surface area contributed by atoms with Gasteiger partial charge >= 0.3 is 0 Å². The summed E-state index contributed by atoms with van der Waals surface area (Å²) in [5, 5.41) is 2.63. The first-order chi connectivity index (χ1) is 17.8. The van der Waals surface area contributed by atoms with Crippen molar-refractivity contribution in [1.29, 1.82) is 0 Å². The number of carbonyl (C=O) groups is 2. The molecule has 0 radical (unpaired) electrons. The molecule has 37 heavy (non-hydrogen) atoms. The number of pyridine rings is 2. The number of nitrogens with zero attached hydrogens (tertiary/aromatic N) is 4. The van der Waals surface area contributed by atoms with Gasteiger partial charge in [-0.3, -0.25) is 14.6 Å². The van der Waals surface area contributed by atoms with Crippen LogP contribution in [0.2, 0.25) is 0 Å². The van der Waals surface area contributed by atoms with E-state index < -0.39 is 36.7 Å². The van der Waals surface area contributed by atoms with Crippen molar-refractivity contribution in [2.24, 2.45) is 0 Å². The number of benzene rings is 1. The highest BCUT2D eigenvalue weighted by Crippen LogP contribution is 2.42. The normalized spacial score (nSPS) is 17.3. The van der Waals surface area contributed by atoms with Crippen molar-refractivity contribution in [3.8, 4) is 11.1 Å². The Labute approximate surface area is 211 Å². The van der Waals surface area contributed by atoms with Gasteiger partial charge in [-0.2, -0.15) is 4.39 Å². The van der Waals surface area contributed by atoms with Crippen molar-refractivity contribution in [2.75, 3.05) is 48.0 Å². The Morgan fingerprint density at radius 3 is 2.62 bits per heavy atom. The highest BCUT2D eigenvalue weighted by atomic mass is 19.3. The molecule has 2 aliphatic heterocycles. The van der Waals surface area contributed by atoms with Crippen LogP contribution in [0.15, 0.2) is 48.7 Å². The first kappa shape index (κ1) is 24.7. The number of carbonyl (C=O) groups excluding carboxylic acids is 2. The number of hydrogen-bond donors (Lipinski definition) is 1. The van der Waals surface area contributed by atoms with Crippen molar-refractivity contribution >= 4 is 29.0 Å². The predicted molar refractivity (Wildman–Crippen MR) is 131 cm³/mol. The maximum atomic E-state index is 15.7. The first-order valence-corrected chi connectivity index (χ1v) is 11.8.